The van der Waals surface area contributed by atoms with Gasteiger partial charge >= 0.3 is 0 Å². The lowest BCUT2D eigenvalue weighted by atomic mass is 10.1. The number of hydrogen-bond donors (Lipinski definition) is 0. The Morgan fingerprint density at radius 2 is 2.16 bits per heavy atom. The van der Waals surface area contributed by atoms with Gasteiger partial charge in [0.15, 0.2) is 0 Å². The second-order valence-corrected chi connectivity index (χ2v) is 6.24. The van der Waals surface area contributed by atoms with Crippen molar-refractivity contribution in [1.29, 1.82) is 0 Å². The fraction of sp³-hybridized carbons (Fsp3) is 0.538. The Morgan fingerprint density at radius 3 is 2.79 bits per heavy atom. The largest absolute Gasteiger partial charge is 0.493 e. The van der Waals surface area contributed by atoms with Crippen LogP contribution in [0, 0.1) is 0 Å². The van der Waals surface area contributed by atoms with E-state index in [-0.39, 0.29) is 12.7 Å². The summed E-state index contributed by atoms with van der Waals surface area (Å²) in [5.41, 5.74) is 1.76. The zero-order valence-electron chi connectivity index (χ0n) is 11.3. The van der Waals surface area contributed by atoms with Crippen LogP contribution in [0.5, 0.6) is 11.5 Å². The first kappa shape index (κ1) is 14.1. The molecule has 0 N–H and O–H groups in total. The van der Waals surface area contributed by atoms with Crippen LogP contribution in [-0.2, 0) is 27.3 Å². The van der Waals surface area contributed by atoms with Crippen molar-refractivity contribution in [2.75, 3.05) is 12.9 Å². The van der Waals surface area contributed by atoms with Crippen LogP contribution in [0.4, 0.5) is 0 Å². The summed E-state index contributed by atoms with van der Waals surface area (Å²) in [7, 11) is -3.48. The van der Waals surface area contributed by atoms with E-state index in [1.54, 1.807) is 6.07 Å². The van der Waals surface area contributed by atoms with Crippen molar-refractivity contribution in [3.05, 3.63) is 23.3 Å². The minimum atomic E-state index is -3.48. The Balaban J connectivity index is 2.28. The minimum absolute atomic E-state index is 0.0425. The molecule has 1 aliphatic rings. The van der Waals surface area contributed by atoms with Crippen molar-refractivity contribution < 1.29 is 22.1 Å². The van der Waals surface area contributed by atoms with Gasteiger partial charge in [-0.15, -0.1) is 0 Å². The molecule has 1 unspecified atom stereocenters. The second-order valence-electron chi connectivity index (χ2n) is 4.60. The van der Waals surface area contributed by atoms with Crippen LogP contribution in [-0.4, -0.2) is 27.4 Å². The van der Waals surface area contributed by atoms with Gasteiger partial charge in [-0.25, -0.2) is 0 Å². The van der Waals surface area contributed by atoms with Gasteiger partial charge in [0.25, 0.3) is 10.1 Å². The summed E-state index contributed by atoms with van der Waals surface area (Å²) in [6.07, 6.45) is 2.00. The summed E-state index contributed by atoms with van der Waals surface area (Å²) >= 11 is 0. The first-order valence-corrected chi connectivity index (χ1v) is 8.00. The SMILES string of the molecule is CCOc1cc2c(cc1COS(C)(=O)=O)OC(C)C2. The third-order valence-electron chi connectivity index (χ3n) is 2.81. The number of ether oxygens (including phenoxy) is 2. The van der Waals surface area contributed by atoms with Crippen LogP contribution >= 0.6 is 0 Å². The van der Waals surface area contributed by atoms with Crippen molar-refractivity contribution >= 4 is 10.1 Å². The van der Waals surface area contributed by atoms with E-state index < -0.39 is 10.1 Å². The fourth-order valence-corrected chi connectivity index (χ4v) is 2.40. The minimum Gasteiger partial charge on any atom is -0.493 e. The van der Waals surface area contributed by atoms with Crippen LogP contribution in [0.15, 0.2) is 12.1 Å². The molecule has 1 aromatic rings. The highest BCUT2D eigenvalue weighted by atomic mass is 32.2. The molecule has 1 aromatic carbocycles. The predicted molar refractivity (Wildman–Crippen MR) is 71.0 cm³/mol. The molecule has 1 atom stereocenters. The Kier molecular flexibility index (Phi) is 4.01. The third-order valence-corrected chi connectivity index (χ3v) is 3.35. The van der Waals surface area contributed by atoms with Gasteiger partial charge in [0, 0.05) is 17.5 Å². The first-order valence-electron chi connectivity index (χ1n) is 6.18. The summed E-state index contributed by atoms with van der Waals surface area (Å²) in [5, 5.41) is 0. The van der Waals surface area contributed by atoms with E-state index in [4.69, 9.17) is 13.7 Å². The molecule has 0 aliphatic carbocycles. The fourth-order valence-electron chi connectivity index (χ4n) is 2.05. The van der Waals surface area contributed by atoms with Gasteiger partial charge in [0.2, 0.25) is 0 Å². The van der Waals surface area contributed by atoms with E-state index in [2.05, 4.69) is 0 Å². The molecule has 6 heteroatoms. The monoisotopic (exact) mass is 286 g/mol. The van der Waals surface area contributed by atoms with Gasteiger partial charge in [-0.3, -0.25) is 4.18 Å². The number of rotatable bonds is 5. The summed E-state index contributed by atoms with van der Waals surface area (Å²) in [6.45, 7) is 4.35. The van der Waals surface area contributed by atoms with E-state index in [0.717, 1.165) is 24.0 Å². The van der Waals surface area contributed by atoms with Crippen LogP contribution in [0.25, 0.3) is 0 Å². The maximum atomic E-state index is 11.1. The van der Waals surface area contributed by atoms with E-state index >= 15 is 0 Å². The van der Waals surface area contributed by atoms with Crippen LogP contribution < -0.4 is 9.47 Å². The smallest absolute Gasteiger partial charge is 0.264 e. The summed E-state index contributed by atoms with van der Waals surface area (Å²) < 4.78 is 38.1. The topological polar surface area (TPSA) is 61.8 Å². The highest BCUT2D eigenvalue weighted by molar-refractivity contribution is 7.85. The highest BCUT2D eigenvalue weighted by Gasteiger charge is 2.22. The number of hydrogen-bond acceptors (Lipinski definition) is 5. The molecular formula is C13H18O5S. The quantitative estimate of drug-likeness (QED) is 0.773. The molecule has 1 heterocycles. The molecule has 0 spiro atoms. The Labute approximate surface area is 113 Å². The Morgan fingerprint density at radius 1 is 1.42 bits per heavy atom. The van der Waals surface area contributed by atoms with Gasteiger partial charge in [-0.2, -0.15) is 8.42 Å². The molecule has 5 nitrogen and oxygen atoms in total. The number of fused-ring (bicyclic) bond motifs is 1. The maximum Gasteiger partial charge on any atom is 0.264 e. The molecule has 0 saturated heterocycles. The molecule has 0 aromatic heterocycles. The first-order chi connectivity index (χ1) is 8.89. The normalized spacial score (nSPS) is 17.9. The Bertz CT molecular complexity index is 565. The standard InChI is InChI=1S/C13H18O5S/c1-4-16-12-6-10-5-9(2)18-13(10)7-11(12)8-17-19(3,14)15/h6-7,9H,4-5,8H2,1-3H3. The van der Waals surface area contributed by atoms with Crippen molar-refractivity contribution in [3.63, 3.8) is 0 Å². The maximum absolute atomic E-state index is 11.1. The van der Waals surface area contributed by atoms with Gasteiger partial charge in [0.1, 0.15) is 17.6 Å². The number of benzene rings is 1. The van der Waals surface area contributed by atoms with Crippen molar-refractivity contribution in [1.82, 2.24) is 0 Å². The zero-order chi connectivity index (χ0) is 14.0. The molecule has 1 aliphatic heterocycles. The molecule has 106 valence electrons. The average molecular weight is 286 g/mol. The summed E-state index contributed by atoms with van der Waals surface area (Å²) in [6, 6.07) is 3.71. The van der Waals surface area contributed by atoms with Crippen LogP contribution in [0.2, 0.25) is 0 Å². The molecule has 19 heavy (non-hydrogen) atoms. The third kappa shape index (κ3) is 3.61. The molecule has 0 saturated carbocycles. The second kappa shape index (κ2) is 5.38. The van der Waals surface area contributed by atoms with E-state index in [0.29, 0.717) is 17.9 Å². The molecule has 2 rings (SSSR count). The van der Waals surface area contributed by atoms with Gasteiger partial charge in [0.05, 0.1) is 19.5 Å². The van der Waals surface area contributed by atoms with Gasteiger partial charge < -0.3 is 9.47 Å². The Hall–Kier alpha value is -1.27. The van der Waals surface area contributed by atoms with Crippen molar-refractivity contribution in [2.45, 2.75) is 33.0 Å². The highest BCUT2D eigenvalue weighted by Crippen LogP contribution is 2.35. The lowest BCUT2D eigenvalue weighted by molar-refractivity contribution is 0.253. The molecule has 0 bridgehead atoms. The average Bonchev–Trinajstić information content (AvgIpc) is 2.64. The van der Waals surface area contributed by atoms with Crippen LogP contribution in [0.1, 0.15) is 25.0 Å². The summed E-state index contributed by atoms with van der Waals surface area (Å²) in [4.78, 5) is 0. The zero-order valence-corrected chi connectivity index (χ0v) is 12.1. The molecular weight excluding hydrogens is 268 g/mol. The predicted octanol–water partition coefficient (Wildman–Crippen LogP) is 1.88. The van der Waals surface area contributed by atoms with E-state index in [9.17, 15) is 8.42 Å². The molecule has 0 radical (unpaired) electrons. The lowest BCUT2D eigenvalue weighted by Crippen LogP contribution is -2.05. The van der Waals surface area contributed by atoms with Crippen molar-refractivity contribution in [3.8, 4) is 11.5 Å². The molecule has 0 fully saturated rings. The van der Waals surface area contributed by atoms with Crippen LogP contribution in [0.3, 0.4) is 0 Å². The summed E-state index contributed by atoms with van der Waals surface area (Å²) in [5.74, 6) is 1.44. The lowest BCUT2D eigenvalue weighted by Gasteiger charge is -2.12. The van der Waals surface area contributed by atoms with Gasteiger partial charge in [-0.1, -0.05) is 0 Å². The van der Waals surface area contributed by atoms with E-state index in [1.807, 2.05) is 19.9 Å². The van der Waals surface area contributed by atoms with E-state index in [1.165, 1.54) is 0 Å². The van der Waals surface area contributed by atoms with Crippen molar-refractivity contribution in [2.24, 2.45) is 0 Å². The van der Waals surface area contributed by atoms with Gasteiger partial charge in [-0.05, 0) is 26.0 Å². The molecule has 0 amide bonds.